The highest BCUT2D eigenvalue weighted by Crippen LogP contribution is 2.31. The predicted octanol–water partition coefficient (Wildman–Crippen LogP) is 3.01. The van der Waals surface area contributed by atoms with Crippen LogP contribution in [0.25, 0.3) is 0 Å². The van der Waals surface area contributed by atoms with Crippen LogP contribution >= 0.6 is 0 Å². The summed E-state index contributed by atoms with van der Waals surface area (Å²) in [6.45, 7) is 1.59. The van der Waals surface area contributed by atoms with Gasteiger partial charge < -0.3 is 10.6 Å². The normalized spacial score (nSPS) is 14.9. The molecular weight excluding hydrogens is 234 g/mol. The minimum Gasteiger partial charge on any atom is -0.326 e. The number of hydrogen-bond acceptors (Lipinski definition) is 3. The Balaban J connectivity index is 2.03. The van der Waals surface area contributed by atoms with Crippen molar-refractivity contribution in [1.29, 1.82) is 0 Å². The van der Waals surface area contributed by atoms with E-state index >= 15 is 0 Å². The molecule has 2 heterocycles. The third kappa shape index (κ3) is 2.47. The first kappa shape index (κ1) is 12.2. The number of pyridine rings is 1. The number of nitrogens with two attached hydrogens (primary N) is 1. The Hall–Kier alpha value is -1.87. The van der Waals surface area contributed by atoms with Crippen LogP contribution in [0.3, 0.4) is 0 Å². The van der Waals surface area contributed by atoms with Gasteiger partial charge in [-0.2, -0.15) is 0 Å². The van der Waals surface area contributed by atoms with E-state index in [-0.39, 0.29) is 0 Å². The van der Waals surface area contributed by atoms with E-state index in [0.29, 0.717) is 6.54 Å². The fourth-order valence-electron chi connectivity index (χ4n) is 2.66. The molecule has 3 heteroatoms. The molecule has 1 aromatic carbocycles. The number of hydrogen-bond donors (Lipinski definition) is 1. The van der Waals surface area contributed by atoms with Crippen molar-refractivity contribution in [2.45, 2.75) is 25.8 Å². The van der Waals surface area contributed by atoms with Gasteiger partial charge in [0.1, 0.15) is 5.82 Å². The Morgan fingerprint density at radius 2 is 2.05 bits per heavy atom. The minimum atomic E-state index is 0.561. The molecule has 0 radical (unpaired) electrons. The number of anilines is 2. The van der Waals surface area contributed by atoms with Crippen molar-refractivity contribution < 1.29 is 0 Å². The molecule has 0 atom stereocenters. The summed E-state index contributed by atoms with van der Waals surface area (Å²) in [4.78, 5) is 6.84. The first-order chi connectivity index (χ1) is 9.38. The van der Waals surface area contributed by atoms with E-state index in [1.807, 2.05) is 12.3 Å². The molecule has 1 aliphatic rings. The Bertz CT molecular complexity index is 565. The van der Waals surface area contributed by atoms with Crippen LogP contribution in [0.2, 0.25) is 0 Å². The molecule has 3 nitrogen and oxygen atoms in total. The number of benzene rings is 1. The lowest BCUT2D eigenvalue weighted by Crippen LogP contribution is -2.19. The van der Waals surface area contributed by atoms with E-state index in [1.165, 1.54) is 24.1 Å². The maximum Gasteiger partial charge on any atom is 0.133 e. The zero-order chi connectivity index (χ0) is 13.1. The Morgan fingerprint density at radius 1 is 1.16 bits per heavy atom. The molecule has 2 aromatic rings. The molecule has 3 rings (SSSR count). The van der Waals surface area contributed by atoms with Crippen LogP contribution in [0.15, 0.2) is 42.6 Å². The molecule has 19 heavy (non-hydrogen) atoms. The van der Waals surface area contributed by atoms with Gasteiger partial charge in [0.2, 0.25) is 0 Å². The van der Waals surface area contributed by atoms with E-state index in [4.69, 9.17) is 5.73 Å². The van der Waals surface area contributed by atoms with Gasteiger partial charge in [0.25, 0.3) is 0 Å². The van der Waals surface area contributed by atoms with Gasteiger partial charge in [-0.1, -0.05) is 18.2 Å². The second-order valence-electron chi connectivity index (χ2n) is 4.96. The number of aryl methyl sites for hydroxylation is 1. The average molecular weight is 253 g/mol. The highest BCUT2D eigenvalue weighted by Gasteiger charge is 2.17. The molecule has 0 aliphatic carbocycles. The maximum absolute atomic E-state index is 5.73. The molecule has 0 saturated heterocycles. The summed E-state index contributed by atoms with van der Waals surface area (Å²) >= 11 is 0. The van der Waals surface area contributed by atoms with E-state index in [1.54, 1.807) is 0 Å². The highest BCUT2D eigenvalue weighted by molar-refractivity contribution is 5.64. The monoisotopic (exact) mass is 253 g/mol. The number of para-hydroxylation sites is 1. The van der Waals surface area contributed by atoms with E-state index in [2.05, 4.69) is 40.2 Å². The minimum absolute atomic E-state index is 0.561. The molecule has 2 N–H and O–H groups in total. The Morgan fingerprint density at radius 3 is 2.95 bits per heavy atom. The summed E-state index contributed by atoms with van der Waals surface area (Å²) in [6, 6.07) is 12.7. The molecule has 0 unspecified atom stereocenters. The molecule has 98 valence electrons. The third-order valence-corrected chi connectivity index (χ3v) is 3.68. The fraction of sp³-hybridized carbons (Fsp3) is 0.312. The number of rotatable bonds is 2. The van der Waals surface area contributed by atoms with Gasteiger partial charge in [-0.05, 0) is 48.6 Å². The van der Waals surface area contributed by atoms with Gasteiger partial charge in [0, 0.05) is 25.0 Å². The average Bonchev–Trinajstić information content (AvgIpc) is 2.69. The molecule has 0 amide bonds. The largest absolute Gasteiger partial charge is 0.326 e. The van der Waals surface area contributed by atoms with Crippen molar-refractivity contribution in [3.63, 3.8) is 0 Å². The summed E-state index contributed by atoms with van der Waals surface area (Å²) in [5, 5.41) is 0. The molecule has 0 fully saturated rings. The lowest BCUT2D eigenvalue weighted by molar-refractivity contribution is 0.757. The van der Waals surface area contributed by atoms with Crippen molar-refractivity contribution in [3.05, 3.63) is 53.7 Å². The fourth-order valence-corrected chi connectivity index (χ4v) is 2.66. The standard InChI is InChI=1S/C16H19N3/c17-12-13-8-9-18-16(11-13)19-10-4-3-6-14-5-1-2-7-15(14)19/h1-2,5,7-9,11H,3-4,6,10,12,17H2. The molecule has 0 saturated carbocycles. The van der Waals surface area contributed by atoms with Gasteiger partial charge in [0.05, 0.1) is 0 Å². The van der Waals surface area contributed by atoms with E-state index in [0.717, 1.165) is 24.3 Å². The van der Waals surface area contributed by atoms with Gasteiger partial charge in [0.15, 0.2) is 0 Å². The Kier molecular flexibility index (Phi) is 3.47. The third-order valence-electron chi connectivity index (χ3n) is 3.68. The zero-order valence-corrected chi connectivity index (χ0v) is 11.0. The van der Waals surface area contributed by atoms with E-state index < -0.39 is 0 Å². The van der Waals surface area contributed by atoms with Gasteiger partial charge in [-0.15, -0.1) is 0 Å². The first-order valence-corrected chi connectivity index (χ1v) is 6.89. The lowest BCUT2D eigenvalue weighted by atomic mass is 10.1. The van der Waals surface area contributed by atoms with Gasteiger partial charge in [-0.25, -0.2) is 4.98 Å². The smallest absolute Gasteiger partial charge is 0.133 e. The topological polar surface area (TPSA) is 42.1 Å². The molecular formula is C16H19N3. The summed E-state index contributed by atoms with van der Waals surface area (Å²) in [6.07, 6.45) is 5.45. The van der Waals surface area contributed by atoms with E-state index in [9.17, 15) is 0 Å². The van der Waals surface area contributed by atoms with Gasteiger partial charge in [-0.3, -0.25) is 0 Å². The van der Waals surface area contributed by atoms with Crippen molar-refractivity contribution >= 4 is 11.5 Å². The van der Waals surface area contributed by atoms with Crippen molar-refractivity contribution in [1.82, 2.24) is 4.98 Å². The lowest BCUT2D eigenvalue weighted by Gasteiger charge is -2.24. The van der Waals surface area contributed by atoms with Crippen LogP contribution in [-0.4, -0.2) is 11.5 Å². The van der Waals surface area contributed by atoms with Crippen LogP contribution in [0.5, 0.6) is 0 Å². The van der Waals surface area contributed by atoms with Crippen molar-refractivity contribution in [2.75, 3.05) is 11.4 Å². The zero-order valence-electron chi connectivity index (χ0n) is 11.0. The van der Waals surface area contributed by atoms with Crippen LogP contribution in [0.1, 0.15) is 24.0 Å². The molecule has 1 aliphatic heterocycles. The predicted molar refractivity (Wildman–Crippen MR) is 78.5 cm³/mol. The van der Waals surface area contributed by atoms with Gasteiger partial charge >= 0.3 is 0 Å². The SMILES string of the molecule is NCc1ccnc(N2CCCCc3ccccc32)c1. The van der Waals surface area contributed by atoms with Crippen LogP contribution in [0.4, 0.5) is 11.5 Å². The second kappa shape index (κ2) is 5.41. The number of nitrogens with zero attached hydrogens (tertiary/aromatic N) is 2. The van der Waals surface area contributed by atoms with Crippen molar-refractivity contribution in [3.8, 4) is 0 Å². The van der Waals surface area contributed by atoms with Crippen LogP contribution in [0, 0.1) is 0 Å². The molecule has 0 spiro atoms. The maximum atomic E-state index is 5.73. The number of fused-ring (bicyclic) bond motifs is 1. The quantitative estimate of drug-likeness (QED) is 0.894. The summed E-state index contributed by atoms with van der Waals surface area (Å²) in [7, 11) is 0. The molecule has 1 aromatic heterocycles. The second-order valence-corrected chi connectivity index (χ2v) is 4.96. The highest BCUT2D eigenvalue weighted by atomic mass is 15.2. The first-order valence-electron chi connectivity index (χ1n) is 6.89. The summed E-state index contributed by atoms with van der Waals surface area (Å²) < 4.78 is 0. The van der Waals surface area contributed by atoms with Crippen LogP contribution < -0.4 is 10.6 Å². The summed E-state index contributed by atoms with van der Waals surface area (Å²) in [5.41, 5.74) is 9.57. The Labute approximate surface area is 114 Å². The van der Waals surface area contributed by atoms with Crippen molar-refractivity contribution in [2.24, 2.45) is 5.73 Å². The van der Waals surface area contributed by atoms with Crippen LogP contribution in [-0.2, 0) is 13.0 Å². The number of aromatic nitrogens is 1. The molecule has 0 bridgehead atoms. The summed E-state index contributed by atoms with van der Waals surface area (Å²) in [5.74, 6) is 1.01.